The maximum atomic E-state index is 12.1. The Labute approximate surface area is 124 Å². The van der Waals surface area contributed by atoms with Gasteiger partial charge in [-0.3, -0.25) is 0 Å². The molecule has 0 aliphatic rings. The highest BCUT2D eigenvalue weighted by Crippen LogP contribution is 2.35. The summed E-state index contributed by atoms with van der Waals surface area (Å²) in [5.74, 6) is -1.42. The van der Waals surface area contributed by atoms with Gasteiger partial charge in [0.25, 0.3) is 0 Å². The first kappa shape index (κ1) is 16.2. The van der Waals surface area contributed by atoms with Crippen LogP contribution in [-0.4, -0.2) is 26.1 Å². The number of halogens is 3. The predicted octanol–water partition coefficient (Wildman–Crippen LogP) is 3.36. The lowest BCUT2D eigenvalue weighted by Crippen LogP contribution is -2.17. The number of benzene rings is 2. The minimum absolute atomic E-state index is 0.0695. The second-order valence-electron chi connectivity index (χ2n) is 4.53. The van der Waals surface area contributed by atoms with Crippen molar-refractivity contribution in [1.82, 2.24) is 0 Å². The molecule has 0 radical (unpaired) electrons. The van der Waals surface area contributed by atoms with Gasteiger partial charge in [-0.15, -0.1) is 13.2 Å². The predicted molar refractivity (Wildman–Crippen MR) is 73.3 cm³/mol. The average molecular weight is 332 g/mol. The zero-order chi connectivity index (χ0) is 16.5. The summed E-state index contributed by atoms with van der Waals surface area (Å²) in [5, 5.41) is 9.60. The van der Waals surface area contributed by atoms with Crippen molar-refractivity contribution in [1.29, 1.82) is 0 Å². The molecule has 0 spiro atoms. The molecule has 0 aliphatic heterocycles. The van der Waals surface area contributed by atoms with Crippen molar-refractivity contribution >= 4 is 9.84 Å². The summed E-state index contributed by atoms with van der Waals surface area (Å²) < 4.78 is 63.0. The molecule has 4 nitrogen and oxygen atoms in total. The number of phenols is 1. The minimum Gasteiger partial charge on any atom is -0.504 e. The Balaban J connectivity index is 2.41. The number of sulfone groups is 1. The van der Waals surface area contributed by atoms with Gasteiger partial charge in [0.2, 0.25) is 0 Å². The molecular weight excluding hydrogens is 321 g/mol. The summed E-state index contributed by atoms with van der Waals surface area (Å²) in [5.41, 5.74) is 0.800. The molecule has 0 aliphatic carbocycles. The quantitative estimate of drug-likeness (QED) is 0.936. The number of alkyl halides is 3. The molecule has 0 aromatic heterocycles. The lowest BCUT2D eigenvalue weighted by molar-refractivity contribution is -0.275. The van der Waals surface area contributed by atoms with Crippen LogP contribution >= 0.6 is 0 Å². The van der Waals surface area contributed by atoms with Crippen LogP contribution in [0.4, 0.5) is 13.2 Å². The Morgan fingerprint density at radius 2 is 1.68 bits per heavy atom. The number of hydrogen-bond acceptors (Lipinski definition) is 4. The molecule has 2 aromatic carbocycles. The van der Waals surface area contributed by atoms with E-state index in [0.717, 1.165) is 18.4 Å². The zero-order valence-corrected chi connectivity index (χ0v) is 12.1. The van der Waals surface area contributed by atoms with Gasteiger partial charge < -0.3 is 9.84 Å². The third kappa shape index (κ3) is 3.91. The Morgan fingerprint density at radius 1 is 1.05 bits per heavy atom. The van der Waals surface area contributed by atoms with Gasteiger partial charge in [-0.2, -0.15) is 0 Å². The summed E-state index contributed by atoms with van der Waals surface area (Å²) in [6.45, 7) is 0. The third-order valence-corrected chi connectivity index (χ3v) is 3.89. The van der Waals surface area contributed by atoms with Crippen molar-refractivity contribution in [2.45, 2.75) is 11.3 Å². The summed E-state index contributed by atoms with van der Waals surface area (Å²) in [7, 11) is -3.41. The number of ether oxygens (including phenoxy) is 1. The monoisotopic (exact) mass is 332 g/mol. The van der Waals surface area contributed by atoms with Gasteiger partial charge in [0.1, 0.15) is 0 Å². The molecule has 22 heavy (non-hydrogen) atoms. The van der Waals surface area contributed by atoms with Gasteiger partial charge in [0.15, 0.2) is 21.3 Å². The Kier molecular flexibility index (Phi) is 4.06. The van der Waals surface area contributed by atoms with Crippen LogP contribution < -0.4 is 4.74 Å². The Bertz CT molecular complexity index is 798. The van der Waals surface area contributed by atoms with E-state index in [4.69, 9.17) is 0 Å². The Hall–Kier alpha value is -2.22. The van der Waals surface area contributed by atoms with E-state index in [1.54, 1.807) is 6.07 Å². The molecule has 0 saturated heterocycles. The van der Waals surface area contributed by atoms with Gasteiger partial charge in [-0.25, -0.2) is 8.42 Å². The molecule has 1 N–H and O–H groups in total. The van der Waals surface area contributed by atoms with Crippen LogP contribution in [-0.2, 0) is 9.84 Å². The van der Waals surface area contributed by atoms with Crippen molar-refractivity contribution in [2.75, 3.05) is 6.26 Å². The van der Waals surface area contributed by atoms with Crippen LogP contribution in [0.2, 0.25) is 0 Å². The van der Waals surface area contributed by atoms with Crippen LogP contribution in [0.3, 0.4) is 0 Å². The van der Waals surface area contributed by atoms with Gasteiger partial charge in [0.05, 0.1) is 4.90 Å². The molecule has 0 saturated carbocycles. The number of phenolic OH excluding ortho intramolecular Hbond substituents is 1. The number of hydrogen-bond donors (Lipinski definition) is 1. The van der Waals surface area contributed by atoms with E-state index in [1.807, 2.05) is 0 Å². The number of rotatable bonds is 3. The molecule has 0 atom stereocenters. The largest absolute Gasteiger partial charge is 0.573 e. The highest BCUT2D eigenvalue weighted by atomic mass is 32.2. The fraction of sp³-hybridized carbons (Fsp3) is 0.143. The maximum Gasteiger partial charge on any atom is 0.573 e. The lowest BCUT2D eigenvalue weighted by atomic mass is 10.1. The van der Waals surface area contributed by atoms with Crippen molar-refractivity contribution in [3.8, 4) is 22.6 Å². The van der Waals surface area contributed by atoms with Crippen LogP contribution in [0.5, 0.6) is 11.5 Å². The zero-order valence-electron chi connectivity index (χ0n) is 11.3. The molecule has 118 valence electrons. The van der Waals surface area contributed by atoms with E-state index < -0.39 is 27.7 Å². The highest BCUT2D eigenvalue weighted by molar-refractivity contribution is 7.90. The summed E-state index contributed by atoms with van der Waals surface area (Å²) in [6, 6.07) is 9.18. The fourth-order valence-corrected chi connectivity index (χ4v) is 2.48. The molecule has 0 fully saturated rings. The van der Waals surface area contributed by atoms with E-state index in [2.05, 4.69) is 4.74 Å². The van der Waals surface area contributed by atoms with Gasteiger partial charge in [-0.1, -0.05) is 18.2 Å². The van der Waals surface area contributed by atoms with Crippen LogP contribution in [0.25, 0.3) is 11.1 Å². The van der Waals surface area contributed by atoms with Crippen molar-refractivity contribution in [3.63, 3.8) is 0 Å². The highest BCUT2D eigenvalue weighted by Gasteiger charge is 2.32. The molecule has 0 amide bonds. The Morgan fingerprint density at radius 3 is 2.23 bits per heavy atom. The average Bonchev–Trinajstić information content (AvgIpc) is 2.39. The molecule has 2 aromatic rings. The van der Waals surface area contributed by atoms with Crippen molar-refractivity contribution in [2.24, 2.45) is 0 Å². The van der Waals surface area contributed by atoms with Gasteiger partial charge >= 0.3 is 6.36 Å². The third-order valence-electron chi connectivity index (χ3n) is 2.78. The second kappa shape index (κ2) is 5.53. The number of aromatic hydroxyl groups is 1. The van der Waals surface area contributed by atoms with E-state index in [-0.39, 0.29) is 4.90 Å². The maximum absolute atomic E-state index is 12.1. The van der Waals surface area contributed by atoms with Gasteiger partial charge in [0, 0.05) is 6.26 Å². The van der Waals surface area contributed by atoms with E-state index in [1.165, 1.54) is 24.3 Å². The van der Waals surface area contributed by atoms with Crippen LogP contribution in [0.1, 0.15) is 0 Å². The second-order valence-corrected chi connectivity index (χ2v) is 6.55. The first-order chi connectivity index (χ1) is 10.1. The summed E-state index contributed by atoms with van der Waals surface area (Å²) in [4.78, 5) is 0.0695. The standard InChI is InChI=1S/C14H11F3O4S/c1-22(19,20)11-4-2-3-9(7-11)10-5-6-13(12(18)8-10)21-14(15,16)17/h2-8,18H,1H3. The van der Waals surface area contributed by atoms with Crippen LogP contribution in [0.15, 0.2) is 47.4 Å². The lowest BCUT2D eigenvalue weighted by Gasteiger charge is -2.11. The molecule has 0 bridgehead atoms. The fourth-order valence-electron chi connectivity index (χ4n) is 1.81. The molecule has 2 rings (SSSR count). The van der Waals surface area contributed by atoms with Crippen molar-refractivity contribution < 1.29 is 31.4 Å². The summed E-state index contributed by atoms with van der Waals surface area (Å²) >= 11 is 0. The molecule has 8 heteroatoms. The normalized spacial score (nSPS) is 12.2. The van der Waals surface area contributed by atoms with E-state index in [9.17, 15) is 26.7 Å². The van der Waals surface area contributed by atoms with Crippen molar-refractivity contribution in [3.05, 3.63) is 42.5 Å². The summed E-state index contributed by atoms with van der Waals surface area (Å²) in [6.07, 6.45) is -3.86. The minimum atomic E-state index is -4.91. The molecule has 0 unspecified atom stereocenters. The smallest absolute Gasteiger partial charge is 0.504 e. The first-order valence-corrected chi connectivity index (χ1v) is 7.85. The van der Waals surface area contributed by atoms with Crippen LogP contribution in [0, 0.1) is 0 Å². The van der Waals surface area contributed by atoms with Gasteiger partial charge in [-0.05, 0) is 35.4 Å². The SMILES string of the molecule is CS(=O)(=O)c1cccc(-c2ccc(OC(F)(F)F)c(O)c2)c1. The topological polar surface area (TPSA) is 63.6 Å². The van der Waals surface area contributed by atoms with E-state index in [0.29, 0.717) is 11.1 Å². The first-order valence-electron chi connectivity index (χ1n) is 5.95. The molecular formula is C14H11F3O4S. The van der Waals surface area contributed by atoms with E-state index >= 15 is 0 Å². The molecule has 0 heterocycles.